The summed E-state index contributed by atoms with van der Waals surface area (Å²) in [7, 11) is 1.80. The topological polar surface area (TPSA) is 65.5 Å². The predicted octanol–water partition coefficient (Wildman–Crippen LogP) is 2.55. The SMILES string of the molecule is CN(C[C@H]1CCCC[C@@H]1O)C(=O)NCC(C)(C)c1ccncc1. The van der Waals surface area contributed by atoms with Crippen LogP contribution in [0, 0.1) is 5.92 Å². The fraction of sp³-hybridized carbons (Fsp3) is 0.667. The van der Waals surface area contributed by atoms with E-state index in [0.29, 0.717) is 13.1 Å². The molecule has 0 unspecified atom stereocenters. The molecule has 1 saturated carbocycles. The summed E-state index contributed by atoms with van der Waals surface area (Å²) in [4.78, 5) is 18.1. The van der Waals surface area contributed by atoms with Crippen molar-refractivity contribution in [2.75, 3.05) is 20.1 Å². The predicted molar refractivity (Wildman–Crippen MR) is 91.3 cm³/mol. The molecule has 5 nitrogen and oxygen atoms in total. The van der Waals surface area contributed by atoms with Crippen molar-refractivity contribution in [1.82, 2.24) is 15.2 Å². The third kappa shape index (κ3) is 4.93. The van der Waals surface area contributed by atoms with E-state index in [-0.39, 0.29) is 23.5 Å². The van der Waals surface area contributed by atoms with Gasteiger partial charge in [0.15, 0.2) is 0 Å². The van der Waals surface area contributed by atoms with Crippen LogP contribution in [-0.4, -0.2) is 47.3 Å². The summed E-state index contributed by atoms with van der Waals surface area (Å²) >= 11 is 0. The van der Waals surface area contributed by atoms with Gasteiger partial charge in [0.2, 0.25) is 0 Å². The van der Waals surface area contributed by atoms with Gasteiger partial charge in [0, 0.05) is 43.9 Å². The van der Waals surface area contributed by atoms with Crippen molar-refractivity contribution >= 4 is 6.03 Å². The van der Waals surface area contributed by atoms with E-state index < -0.39 is 0 Å². The van der Waals surface area contributed by atoms with Crippen LogP contribution in [0.2, 0.25) is 0 Å². The van der Waals surface area contributed by atoms with Gasteiger partial charge in [-0.2, -0.15) is 0 Å². The molecule has 1 aromatic rings. The highest BCUT2D eigenvalue weighted by Crippen LogP contribution is 2.25. The fourth-order valence-electron chi connectivity index (χ4n) is 3.17. The van der Waals surface area contributed by atoms with Crippen LogP contribution in [0.25, 0.3) is 0 Å². The third-order valence-electron chi connectivity index (χ3n) is 4.87. The number of nitrogens with one attached hydrogen (secondary N) is 1. The lowest BCUT2D eigenvalue weighted by atomic mass is 9.85. The third-order valence-corrected chi connectivity index (χ3v) is 4.87. The maximum absolute atomic E-state index is 12.3. The normalized spacial score (nSPS) is 21.7. The molecule has 0 bridgehead atoms. The molecule has 0 saturated heterocycles. The van der Waals surface area contributed by atoms with E-state index in [9.17, 15) is 9.90 Å². The van der Waals surface area contributed by atoms with Crippen molar-refractivity contribution in [3.05, 3.63) is 30.1 Å². The molecule has 1 heterocycles. The first-order chi connectivity index (χ1) is 10.9. The van der Waals surface area contributed by atoms with Gasteiger partial charge < -0.3 is 15.3 Å². The van der Waals surface area contributed by atoms with Gasteiger partial charge >= 0.3 is 6.03 Å². The van der Waals surface area contributed by atoms with Crippen LogP contribution in [-0.2, 0) is 5.41 Å². The zero-order chi connectivity index (χ0) is 16.9. The molecule has 2 amide bonds. The summed E-state index contributed by atoms with van der Waals surface area (Å²) in [6.07, 6.45) is 7.37. The number of pyridine rings is 1. The molecule has 1 aliphatic carbocycles. The minimum Gasteiger partial charge on any atom is -0.393 e. The summed E-state index contributed by atoms with van der Waals surface area (Å²) in [6, 6.07) is 3.88. The van der Waals surface area contributed by atoms with Gasteiger partial charge in [0.25, 0.3) is 0 Å². The van der Waals surface area contributed by atoms with E-state index in [1.54, 1.807) is 24.3 Å². The van der Waals surface area contributed by atoms with Gasteiger partial charge in [0.05, 0.1) is 6.10 Å². The number of aliphatic hydroxyl groups is 1. The van der Waals surface area contributed by atoms with Gasteiger partial charge in [0.1, 0.15) is 0 Å². The van der Waals surface area contributed by atoms with E-state index in [1.165, 1.54) is 0 Å². The molecular weight excluding hydrogens is 290 g/mol. The molecule has 1 aliphatic rings. The zero-order valence-electron chi connectivity index (χ0n) is 14.5. The van der Waals surface area contributed by atoms with Crippen molar-refractivity contribution in [1.29, 1.82) is 0 Å². The Hall–Kier alpha value is -1.62. The van der Waals surface area contributed by atoms with Gasteiger partial charge in [-0.1, -0.05) is 26.7 Å². The number of carbonyl (C=O) groups is 1. The lowest BCUT2D eigenvalue weighted by Gasteiger charge is -2.32. The molecule has 23 heavy (non-hydrogen) atoms. The van der Waals surface area contributed by atoms with E-state index in [1.807, 2.05) is 12.1 Å². The highest BCUT2D eigenvalue weighted by Gasteiger charge is 2.27. The van der Waals surface area contributed by atoms with Crippen LogP contribution < -0.4 is 5.32 Å². The van der Waals surface area contributed by atoms with Crippen molar-refractivity contribution in [3.63, 3.8) is 0 Å². The van der Waals surface area contributed by atoms with Crippen molar-refractivity contribution < 1.29 is 9.90 Å². The minimum atomic E-state index is -0.271. The molecule has 1 aromatic heterocycles. The molecule has 2 rings (SSSR count). The summed E-state index contributed by atoms with van der Waals surface area (Å²) in [6.45, 7) is 5.39. The summed E-state index contributed by atoms with van der Waals surface area (Å²) < 4.78 is 0. The lowest BCUT2D eigenvalue weighted by Crippen LogP contribution is -2.46. The second-order valence-electron chi connectivity index (χ2n) is 7.27. The first kappa shape index (κ1) is 17.7. The van der Waals surface area contributed by atoms with Gasteiger partial charge in [-0.3, -0.25) is 4.98 Å². The van der Waals surface area contributed by atoms with Crippen LogP contribution >= 0.6 is 0 Å². The van der Waals surface area contributed by atoms with E-state index in [4.69, 9.17) is 0 Å². The molecule has 0 spiro atoms. The number of amides is 2. The average molecular weight is 319 g/mol. The molecule has 0 radical (unpaired) electrons. The second kappa shape index (κ2) is 7.77. The monoisotopic (exact) mass is 319 g/mol. The number of rotatable bonds is 5. The van der Waals surface area contributed by atoms with Crippen LogP contribution in [0.15, 0.2) is 24.5 Å². The molecule has 0 aromatic carbocycles. The van der Waals surface area contributed by atoms with Crippen LogP contribution in [0.3, 0.4) is 0 Å². The summed E-state index contributed by atoms with van der Waals surface area (Å²) in [5.41, 5.74) is 1.00. The quantitative estimate of drug-likeness (QED) is 0.876. The Morgan fingerprint density at radius 2 is 2.00 bits per heavy atom. The van der Waals surface area contributed by atoms with Gasteiger partial charge in [-0.05, 0) is 30.5 Å². The average Bonchev–Trinajstić information content (AvgIpc) is 2.55. The smallest absolute Gasteiger partial charge is 0.317 e. The molecular formula is C18H29N3O2. The number of aliphatic hydroxyl groups excluding tert-OH is 1. The standard InChI is InChI=1S/C18H29N3O2/c1-18(2,15-8-10-19-11-9-15)13-20-17(23)21(3)12-14-6-4-5-7-16(14)22/h8-11,14,16,22H,4-7,12-13H2,1-3H3,(H,20,23)/t14-,16+/m1/s1. The number of hydrogen-bond acceptors (Lipinski definition) is 3. The largest absolute Gasteiger partial charge is 0.393 e. The lowest BCUT2D eigenvalue weighted by molar-refractivity contribution is 0.0564. The number of aromatic nitrogens is 1. The second-order valence-corrected chi connectivity index (χ2v) is 7.27. The molecule has 128 valence electrons. The highest BCUT2D eigenvalue weighted by molar-refractivity contribution is 5.74. The molecule has 1 fully saturated rings. The zero-order valence-corrected chi connectivity index (χ0v) is 14.5. The molecule has 5 heteroatoms. The van der Waals surface area contributed by atoms with E-state index >= 15 is 0 Å². The van der Waals surface area contributed by atoms with Crippen molar-refractivity contribution in [2.24, 2.45) is 5.92 Å². The van der Waals surface area contributed by atoms with Gasteiger partial charge in [-0.25, -0.2) is 4.79 Å². The Morgan fingerprint density at radius 1 is 1.35 bits per heavy atom. The number of carbonyl (C=O) groups excluding carboxylic acids is 1. The Morgan fingerprint density at radius 3 is 2.65 bits per heavy atom. The highest BCUT2D eigenvalue weighted by atomic mass is 16.3. The summed E-state index contributed by atoms with van der Waals surface area (Å²) in [5, 5.41) is 13.1. The number of hydrogen-bond donors (Lipinski definition) is 2. The summed E-state index contributed by atoms with van der Waals surface area (Å²) in [5.74, 6) is 0.202. The number of nitrogens with zero attached hydrogens (tertiary/aromatic N) is 2. The van der Waals surface area contributed by atoms with Crippen LogP contribution in [0.5, 0.6) is 0 Å². The Kier molecular flexibility index (Phi) is 5.99. The van der Waals surface area contributed by atoms with Gasteiger partial charge in [-0.15, -0.1) is 0 Å². The maximum atomic E-state index is 12.3. The Bertz CT molecular complexity index is 504. The first-order valence-corrected chi connectivity index (χ1v) is 8.47. The van der Waals surface area contributed by atoms with Crippen LogP contribution in [0.4, 0.5) is 4.79 Å². The minimum absolute atomic E-state index is 0.0788. The fourth-order valence-corrected chi connectivity index (χ4v) is 3.17. The molecule has 0 aliphatic heterocycles. The number of urea groups is 1. The van der Waals surface area contributed by atoms with E-state index in [0.717, 1.165) is 31.2 Å². The van der Waals surface area contributed by atoms with E-state index in [2.05, 4.69) is 24.1 Å². The van der Waals surface area contributed by atoms with Crippen molar-refractivity contribution in [2.45, 2.75) is 51.0 Å². The molecule has 2 atom stereocenters. The Labute approximate surface area is 139 Å². The Balaban J connectivity index is 1.84. The van der Waals surface area contributed by atoms with Crippen molar-refractivity contribution in [3.8, 4) is 0 Å². The maximum Gasteiger partial charge on any atom is 0.317 e. The molecule has 2 N–H and O–H groups in total. The first-order valence-electron chi connectivity index (χ1n) is 8.47. The van der Waals surface area contributed by atoms with Crippen LogP contribution in [0.1, 0.15) is 45.1 Å².